The SMILES string of the molecule is C[C@H]1CC[C@H]2C(C)(C)CC=C[C@]2(C)[C@H]1C. The van der Waals surface area contributed by atoms with Crippen molar-refractivity contribution in [1.82, 2.24) is 0 Å². The molecule has 0 aromatic heterocycles. The highest BCUT2D eigenvalue weighted by Crippen LogP contribution is 2.58. The second-order valence-corrected chi connectivity index (χ2v) is 6.86. The summed E-state index contributed by atoms with van der Waals surface area (Å²) in [6, 6.07) is 0. The summed E-state index contributed by atoms with van der Waals surface area (Å²) < 4.78 is 0. The van der Waals surface area contributed by atoms with Gasteiger partial charge >= 0.3 is 0 Å². The Labute approximate surface area is 95.1 Å². The van der Waals surface area contributed by atoms with Crippen LogP contribution in [-0.4, -0.2) is 0 Å². The quantitative estimate of drug-likeness (QED) is 0.506. The van der Waals surface area contributed by atoms with E-state index in [2.05, 4.69) is 46.8 Å². The molecule has 1 fully saturated rings. The van der Waals surface area contributed by atoms with E-state index in [1.165, 1.54) is 19.3 Å². The third kappa shape index (κ3) is 1.57. The van der Waals surface area contributed by atoms with Crippen LogP contribution in [-0.2, 0) is 0 Å². The van der Waals surface area contributed by atoms with Crippen LogP contribution in [0.25, 0.3) is 0 Å². The maximum atomic E-state index is 2.53. The summed E-state index contributed by atoms with van der Waals surface area (Å²) in [7, 11) is 0. The van der Waals surface area contributed by atoms with Gasteiger partial charge in [0, 0.05) is 0 Å². The van der Waals surface area contributed by atoms with Crippen LogP contribution in [0.1, 0.15) is 53.9 Å². The lowest BCUT2D eigenvalue weighted by molar-refractivity contribution is -0.0233. The Morgan fingerprint density at radius 1 is 1.07 bits per heavy atom. The average Bonchev–Trinajstić information content (AvgIpc) is 2.12. The van der Waals surface area contributed by atoms with Crippen molar-refractivity contribution in [2.45, 2.75) is 53.9 Å². The second-order valence-electron chi connectivity index (χ2n) is 6.86. The Morgan fingerprint density at radius 2 is 1.73 bits per heavy atom. The van der Waals surface area contributed by atoms with E-state index in [4.69, 9.17) is 0 Å². The molecule has 0 unspecified atom stereocenters. The van der Waals surface area contributed by atoms with Crippen LogP contribution in [0.5, 0.6) is 0 Å². The van der Waals surface area contributed by atoms with E-state index in [-0.39, 0.29) is 0 Å². The molecule has 0 spiro atoms. The van der Waals surface area contributed by atoms with E-state index < -0.39 is 0 Å². The summed E-state index contributed by atoms with van der Waals surface area (Å²) in [5, 5.41) is 0. The highest BCUT2D eigenvalue weighted by Gasteiger charge is 2.50. The Kier molecular flexibility index (Phi) is 2.52. The van der Waals surface area contributed by atoms with Gasteiger partial charge in [0.15, 0.2) is 0 Å². The zero-order valence-corrected chi connectivity index (χ0v) is 11.0. The minimum atomic E-state index is 0.458. The number of allylic oxidation sites excluding steroid dienone is 2. The number of rotatable bonds is 0. The monoisotopic (exact) mass is 206 g/mol. The van der Waals surface area contributed by atoms with Crippen molar-refractivity contribution >= 4 is 0 Å². The lowest BCUT2D eigenvalue weighted by atomic mass is 9.49. The van der Waals surface area contributed by atoms with Crippen molar-refractivity contribution in [2.75, 3.05) is 0 Å². The molecule has 0 nitrogen and oxygen atoms in total. The topological polar surface area (TPSA) is 0 Å². The van der Waals surface area contributed by atoms with Gasteiger partial charge in [-0.2, -0.15) is 0 Å². The first-order valence-corrected chi connectivity index (χ1v) is 6.55. The van der Waals surface area contributed by atoms with Crippen LogP contribution in [0.15, 0.2) is 12.2 Å². The van der Waals surface area contributed by atoms with Gasteiger partial charge in [-0.1, -0.05) is 53.2 Å². The zero-order valence-electron chi connectivity index (χ0n) is 11.0. The second kappa shape index (κ2) is 3.37. The molecule has 0 bridgehead atoms. The van der Waals surface area contributed by atoms with Crippen LogP contribution in [0, 0.1) is 28.6 Å². The molecule has 2 aliphatic rings. The summed E-state index contributed by atoms with van der Waals surface area (Å²) in [5.74, 6) is 2.62. The number of hydrogen-bond acceptors (Lipinski definition) is 0. The molecule has 0 radical (unpaired) electrons. The summed E-state index contributed by atoms with van der Waals surface area (Å²) in [4.78, 5) is 0. The molecule has 15 heavy (non-hydrogen) atoms. The Morgan fingerprint density at radius 3 is 2.40 bits per heavy atom. The highest BCUT2D eigenvalue weighted by atomic mass is 14.5. The molecule has 0 saturated heterocycles. The summed E-state index contributed by atoms with van der Waals surface area (Å²) in [6.07, 6.45) is 9.10. The minimum absolute atomic E-state index is 0.458. The predicted octanol–water partition coefficient (Wildman–Crippen LogP) is 4.66. The van der Waals surface area contributed by atoms with Crippen LogP contribution < -0.4 is 0 Å². The van der Waals surface area contributed by atoms with Crippen molar-refractivity contribution in [3.8, 4) is 0 Å². The first-order chi connectivity index (χ1) is 6.88. The predicted molar refractivity (Wildman–Crippen MR) is 66.7 cm³/mol. The van der Waals surface area contributed by atoms with Crippen molar-refractivity contribution in [3.63, 3.8) is 0 Å². The number of hydrogen-bond donors (Lipinski definition) is 0. The molecule has 0 aromatic rings. The molecule has 86 valence electrons. The first-order valence-electron chi connectivity index (χ1n) is 6.55. The normalized spacial score (nSPS) is 48.7. The Hall–Kier alpha value is -0.260. The molecule has 4 atom stereocenters. The van der Waals surface area contributed by atoms with Gasteiger partial charge in [-0.3, -0.25) is 0 Å². The van der Waals surface area contributed by atoms with E-state index in [1.54, 1.807) is 0 Å². The maximum absolute atomic E-state index is 2.53. The molecule has 0 aromatic carbocycles. The van der Waals surface area contributed by atoms with E-state index in [0.29, 0.717) is 10.8 Å². The average molecular weight is 206 g/mol. The van der Waals surface area contributed by atoms with Crippen LogP contribution in [0.3, 0.4) is 0 Å². The lowest BCUT2D eigenvalue weighted by Crippen LogP contribution is -2.48. The van der Waals surface area contributed by atoms with E-state index in [1.807, 2.05) is 0 Å². The summed E-state index contributed by atoms with van der Waals surface area (Å²) in [6.45, 7) is 12.3. The highest BCUT2D eigenvalue weighted by molar-refractivity contribution is 5.14. The molecule has 0 amide bonds. The van der Waals surface area contributed by atoms with Gasteiger partial charge < -0.3 is 0 Å². The van der Waals surface area contributed by atoms with Crippen molar-refractivity contribution in [3.05, 3.63) is 12.2 Å². The fraction of sp³-hybridized carbons (Fsp3) is 0.867. The first kappa shape index (κ1) is 11.2. The third-order valence-electron chi connectivity index (χ3n) is 5.56. The Bertz CT molecular complexity index is 274. The largest absolute Gasteiger partial charge is 0.0874 e. The smallest absolute Gasteiger partial charge is 0.00849 e. The van der Waals surface area contributed by atoms with Crippen molar-refractivity contribution in [1.29, 1.82) is 0 Å². The maximum Gasteiger partial charge on any atom is -0.00849 e. The minimum Gasteiger partial charge on any atom is -0.0874 e. The van der Waals surface area contributed by atoms with Crippen molar-refractivity contribution < 1.29 is 0 Å². The van der Waals surface area contributed by atoms with Gasteiger partial charge in [0.2, 0.25) is 0 Å². The lowest BCUT2D eigenvalue weighted by Gasteiger charge is -2.55. The van der Waals surface area contributed by atoms with Crippen LogP contribution >= 0.6 is 0 Å². The van der Waals surface area contributed by atoms with E-state index >= 15 is 0 Å². The molecule has 2 rings (SSSR count). The van der Waals surface area contributed by atoms with Gasteiger partial charge in [-0.05, 0) is 41.4 Å². The summed E-state index contributed by atoms with van der Waals surface area (Å²) >= 11 is 0. The molecular weight excluding hydrogens is 180 g/mol. The van der Waals surface area contributed by atoms with Crippen LogP contribution in [0.4, 0.5) is 0 Å². The fourth-order valence-electron chi connectivity index (χ4n) is 4.18. The van der Waals surface area contributed by atoms with E-state index in [0.717, 1.165) is 17.8 Å². The zero-order chi connectivity index (χ0) is 11.3. The third-order valence-corrected chi connectivity index (χ3v) is 5.56. The van der Waals surface area contributed by atoms with E-state index in [9.17, 15) is 0 Å². The number of fused-ring (bicyclic) bond motifs is 1. The molecular formula is C15H26. The summed E-state index contributed by atoms with van der Waals surface area (Å²) in [5.41, 5.74) is 0.970. The molecule has 0 heterocycles. The van der Waals surface area contributed by atoms with Gasteiger partial charge in [0.05, 0.1) is 0 Å². The molecule has 2 aliphatic carbocycles. The molecule has 0 aliphatic heterocycles. The van der Waals surface area contributed by atoms with Crippen LogP contribution in [0.2, 0.25) is 0 Å². The van der Waals surface area contributed by atoms with Gasteiger partial charge in [-0.25, -0.2) is 0 Å². The Balaban J connectivity index is 2.37. The van der Waals surface area contributed by atoms with Gasteiger partial charge in [0.1, 0.15) is 0 Å². The van der Waals surface area contributed by atoms with Gasteiger partial charge in [-0.15, -0.1) is 0 Å². The van der Waals surface area contributed by atoms with Crippen molar-refractivity contribution in [2.24, 2.45) is 28.6 Å². The molecule has 1 saturated carbocycles. The fourth-order valence-corrected chi connectivity index (χ4v) is 4.18. The standard InChI is InChI=1S/C15H26/c1-11-7-8-13-14(3,4)9-6-10-15(13,5)12(11)2/h6,10-13H,7-9H2,1-5H3/t11-,12-,13-,15+/m0/s1. The molecule has 0 N–H and O–H groups in total. The van der Waals surface area contributed by atoms with Gasteiger partial charge in [0.25, 0.3) is 0 Å². The molecule has 0 heteroatoms.